The molecule has 5 nitrogen and oxygen atoms in total. The number of hydrazine groups is 1. The second-order valence-corrected chi connectivity index (χ2v) is 5.10. The number of hydrogen-bond acceptors (Lipinski definition) is 4. The van der Waals surface area contributed by atoms with E-state index in [-0.39, 0.29) is 5.02 Å². The van der Waals surface area contributed by atoms with Crippen LogP contribution in [0, 0.1) is 6.92 Å². The molecule has 0 radical (unpaired) electrons. The summed E-state index contributed by atoms with van der Waals surface area (Å²) >= 11 is 12.3. The molecule has 1 aromatic heterocycles. The first-order valence-electron chi connectivity index (χ1n) is 5.86. The Balaban J connectivity index is 2.57. The Morgan fingerprint density at radius 3 is 2.75 bits per heavy atom. The van der Waals surface area contributed by atoms with Gasteiger partial charge >= 0.3 is 0 Å². The number of carbonyl (C=O) groups is 1. The van der Waals surface area contributed by atoms with Crippen molar-refractivity contribution in [1.82, 2.24) is 10.4 Å². The van der Waals surface area contributed by atoms with Gasteiger partial charge in [0, 0.05) is 11.1 Å². The van der Waals surface area contributed by atoms with Crippen LogP contribution in [0.3, 0.4) is 0 Å². The minimum Gasteiger partial charge on any atom is -0.477 e. The average molecular weight is 314 g/mol. The van der Waals surface area contributed by atoms with Crippen molar-refractivity contribution < 1.29 is 9.53 Å². The number of nitrogens with one attached hydrogen (secondary N) is 1. The van der Waals surface area contributed by atoms with Gasteiger partial charge in [0.15, 0.2) is 11.9 Å². The molecule has 0 fully saturated rings. The fraction of sp³-hybridized carbons (Fsp3) is 0.231. The van der Waals surface area contributed by atoms with E-state index in [0.29, 0.717) is 21.7 Å². The lowest BCUT2D eigenvalue weighted by atomic mass is 10.2. The van der Waals surface area contributed by atoms with Crippen molar-refractivity contribution in [3.05, 3.63) is 33.9 Å². The van der Waals surface area contributed by atoms with Gasteiger partial charge in [0.1, 0.15) is 5.52 Å². The highest BCUT2D eigenvalue weighted by Crippen LogP contribution is 2.37. The Labute approximate surface area is 126 Å². The molecule has 0 aliphatic rings. The van der Waals surface area contributed by atoms with Gasteiger partial charge in [0.2, 0.25) is 0 Å². The van der Waals surface area contributed by atoms with Crippen molar-refractivity contribution in [2.24, 2.45) is 5.84 Å². The number of halogens is 2. The molecule has 3 N–H and O–H groups in total. The zero-order chi connectivity index (χ0) is 14.9. The monoisotopic (exact) mass is 313 g/mol. The number of rotatable bonds is 3. The van der Waals surface area contributed by atoms with E-state index in [4.69, 9.17) is 33.8 Å². The lowest BCUT2D eigenvalue weighted by Gasteiger charge is -2.16. The number of ether oxygens (including phenoxy) is 1. The predicted molar refractivity (Wildman–Crippen MR) is 78.9 cm³/mol. The maximum Gasteiger partial charge on any atom is 0.274 e. The summed E-state index contributed by atoms with van der Waals surface area (Å²) < 4.78 is 5.58. The Bertz CT molecular complexity index is 676. The minimum absolute atomic E-state index is 0.289. The lowest BCUT2D eigenvalue weighted by Crippen LogP contribution is -2.40. The molecule has 7 heteroatoms. The van der Waals surface area contributed by atoms with Gasteiger partial charge in [0.25, 0.3) is 5.91 Å². The molecule has 1 unspecified atom stereocenters. The highest BCUT2D eigenvalue weighted by Gasteiger charge is 2.19. The molecule has 0 saturated carbocycles. The summed E-state index contributed by atoms with van der Waals surface area (Å²) in [6.45, 7) is 3.41. The van der Waals surface area contributed by atoms with Crippen molar-refractivity contribution in [1.29, 1.82) is 0 Å². The van der Waals surface area contributed by atoms with E-state index in [0.717, 1.165) is 5.69 Å². The van der Waals surface area contributed by atoms with Crippen LogP contribution in [-0.2, 0) is 4.79 Å². The van der Waals surface area contributed by atoms with Crippen LogP contribution in [0.1, 0.15) is 12.6 Å². The Morgan fingerprint density at radius 2 is 2.10 bits per heavy atom. The second-order valence-electron chi connectivity index (χ2n) is 4.29. The standard InChI is InChI=1S/C13H13Cl2N3O2/c1-6-3-4-8-9(14)5-10(15)12(11(8)17-6)20-7(2)13(19)18-16/h3-5,7H,16H2,1-2H3,(H,18,19). The average Bonchev–Trinajstić information content (AvgIpc) is 2.41. The minimum atomic E-state index is -0.802. The first-order valence-corrected chi connectivity index (χ1v) is 6.62. The molecule has 1 aromatic carbocycles. The van der Waals surface area contributed by atoms with Gasteiger partial charge in [-0.1, -0.05) is 23.2 Å². The van der Waals surface area contributed by atoms with Crippen LogP contribution in [0.25, 0.3) is 10.9 Å². The highest BCUT2D eigenvalue weighted by molar-refractivity contribution is 6.39. The number of benzene rings is 1. The SMILES string of the molecule is Cc1ccc2c(Cl)cc(Cl)c(OC(C)C(=O)NN)c2n1. The molecule has 0 aliphatic heterocycles. The Morgan fingerprint density at radius 1 is 1.40 bits per heavy atom. The van der Waals surface area contributed by atoms with E-state index in [1.165, 1.54) is 0 Å². The number of fused-ring (bicyclic) bond motifs is 1. The third kappa shape index (κ3) is 2.80. The fourth-order valence-electron chi connectivity index (χ4n) is 1.75. The van der Waals surface area contributed by atoms with Gasteiger partial charge in [-0.25, -0.2) is 10.8 Å². The number of nitrogens with two attached hydrogens (primary N) is 1. The van der Waals surface area contributed by atoms with Crippen molar-refractivity contribution >= 4 is 40.0 Å². The molecule has 1 heterocycles. The third-order valence-corrected chi connectivity index (χ3v) is 3.38. The number of amides is 1. The first kappa shape index (κ1) is 14.8. The van der Waals surface area contributed by atoms with Gasteiger partial charge in [-0.3, -0.25) is 10.2 Å². The molecule has 0 saturated heterocycles. The van der Waals surface area contributed by atoms with Crippen molar-refractivity contribution in [2.45, 2.75) is 20.0 Å². The molecule has 1 amide bonds. The number of aromatic nitrogens is 1. The Hall–Kier alpha value is -1.56. The molecule has 20 heavy (non-hydrogen) atoms. The number of pyridine rings is 1. The maximum atomic E-state index is 11.4. The molecular formula is C13H13Cl2N3O2. The smallest absolute Gasteiger partial charge is 0.274 e. The summed E-state index contributed by atoms with van der Waals surface area (Å²) in [5.74, 6) is 4.93. The van der Waals surface area contributed by atoms with Gasteiger partial charge in [-0.05, 0) is 32.0 Å². The molecule has 0 bridgehead atoms. The molecule has 1 atom stereocenters. The topological polar surface area (TPSA) is 77.2 Å². The number of hydrogen-bond donors (Lipinski definition) is 2. The first-order chi connectivity index (χ1) is 9.43. The summed E-state index contributed by atoms with van der Waals surface area (Å²) in [7, 11) is 0. The molecule has 2 rings (SSSR count). The summed E-state index contributed by atoms with van der Waals surface area (Å²) in [5, 5.41) is 1.47. The third-order valence-electron chi connectivity index (χ3n) is 2.78. The van der Waals surface area contributed by atoms with Crippen LogP contribution >= 0.6 is 23.2 Å². The normalized spacial score (nSPS) is 12.2. The van der Waals surface area contributed by atoms with E-state index in [1.807, 2.05) is 24.5 Å². The van der Waals surface area contributed by atoms with Crippen LogP contribution in [0.5, 0.6) is 5.75 Å². The molecule has 106 valence electrons. The van der Waals surface area contributed by atoms with E-state index in [1.54, 1.807) is 13.0 Å². The zero-order valence-electron chi connectivity index (χ0n) is 10.9. The fourth-order valence-corrected chi connectivity index (χ4v) is 2.31. The molecular weight excluding hydrogens is 301 g/mol. The van der Waals surface area contributed by atoms with Crippen LogP contribution in [-0.4, -0.2) is 17.0 Å². The van der Waals surface area contributed by atoms with Gasteiger partial charge in [-0.2, -0.15) is 0 Å². The number of carbonyl (C=O) groups excluding carboxylic acids is 1. The largest absolute Gasteiger partial charge is 0.477 e. The van der Waals surface area contributed by atoms with Crippen molar-refractivity contribution in [3.63, 3.8) is 0 Å². The van der Waals surface area contributed by atoms with Crippen LogP contribution in [0.4, 0.5) is 0 Å². The second kappa shape index (κ2) is 5.83. The predicted octanol–water partition coefficient (Wildman–Crippen LogP) is 2.61. The summed E-state index contributed by atoms with van der Waals surface area (Å²) in [6.07, 6.45) is -0.802. The van der Waals surface area contributed by atoms with Gasteiger partial charge in [0.05, 0.1) is 10.0 Å². The quantitative estimate of drug-likeness (QED) is 0.519. The van der Waals surface area contributed by atoms with Crippen molar-refractivity contribution in [2.75, 3.05) is 0 Å². The maximum absolute atomic E-state index is 11.4. The van der Waals surface area contributed by atoms with E-state index >= 15 is 0 Å². The molecule has 0 spiro atoms. The zero-order valence-corrected chi connectivity index (χ0v) is 12.4. The van der Waals surface area contributed by atoms with Gasteiger partial charge < -0.3 is 4.74 Å². The summed E-state index contributed by atoms with van der Waals surface area (Å²) in [5.41, 5.74) is 3.32. The molecule has 2 aromatic rings. The molecule has 0 aliphatic carbocycles. The number of aryl methyl sites for hydroxylation is 1. The van der Waals surface area contributed by atoms with Crippen LogP contribution < -0.4 is 16.0 Å². The van der Waals surface area contributed by atoms with E-state index in [9.17, 15) is 4.79 Å². The van der Waals surface area contributed by atoms with Crippen LogP contribution in [0.15, 0.2) is 18.2 Å². The van der Waals surface area contributed by atoms with Crippen molar-refractivity contribution in [3.8, 4) is 5.75 Å². The van der Waals surface area contributed by atoms with E-state index in [2.05, 4.69) is 4.98 Å². The van der Waals surface area contributed by atoms with E-state index < -0.39 is 12.0 Å². The Kier molecular flexibility index (Phi) is 4.32. The highest BCUT2D eigenvalue weighted by atomic mass is 35.5. The lowest BCUT2D eigenvalue weighted by molar-refractivity contribution is -0.127. The van der Waals surface area contributed by atoms with Crippen LogP contribution in [0.2, 0.25) is 10.0 Å². The number of nitrogens with zero attached hydrogens (tertiary/aromatic N) is 1. The van der Waals surface area contributed by atoms with Gasteiger partial charge in [-0.15, -0.1) is 0 Å². The summed E-state index contributed by atoms with van der Waals surface area (Å²) in [6, 6.07) is 5.23. The summed E-state index contributed by atoms with van der Waals surface area (Å²) in [4.78, 5) is 15.8.